The fourth-order valence-electron chi connectivity index (χ4n) is 5.76. The molecule has 0 radical (unpaired) electrons. The van der Waals surface area contributed by atoms with Gasteiger partial charge in [0.05, 0.1) is 48.2 Å². The quantitative estimate of drug-likeness (QED) is 0.120. The summed E-state index contributed by atoms with van der Waals surface area (Å²) in [5.41, 5.74) is 5.13. The molecule has 0 fully saturated rings. The molecule has 1 aliphatic rings. The van der Waals surface area contributed by atoms with Crippen LogP contribution in [0.5, 0.6) is 46.0 Å². The molecule has 1 unspecified atom stereocenters. The van der Waals surface area contributed by atoms with Crippen molar-refractivity contribution in [3.05, 3.63) is 83.4 Å². The van der Waals surface area contributed by atoms with Crippen molar-refractivity contribution in [1.82, 2.24) is 10.5 Å². The number of fused-ring (bicyclic) bond motifs is 1. The van der Waals surface area contributed by atoms with Crippen LogP contribution in [0.3, 0.4) is 0 Å². The van der Waals surface area contributed by atoms with Gasteiger partial charge in [0.25, 0.3) is 5.91 Å². The minimum atomic E-state index is -0.431. The summed E-state index contributed by atoms with van der Waals surface area (Å²) in [5, 5.41) is 10.6. The van der Waals surface area contributed by atoms with Crippen LogP contribution in [0.4, 0.5) is 5.69 Å². The molecular formula is C38H39N3O10. The Morgan fingerprint density at radius 2 is 1.25 bits per heavy atom. The maximum atomic E-state index is 12.8. The number of carbonyl (C=O) groups excluding carboxylic acids is 1. The predicted molar refractivity (Wildman–Crippen MR) is 189 cm³/mol. The van der Waals surface area contributed by atoms with Crippen LogP contribution in [0.15, 0.2) is 71.3 Å². The monoisotopic (exact) mass is 697 g/mol. The fraction of sp³-hybridized carbons (Fsp3) is 0.263. The number of nitrogens with one attached hydrogen (secondary N) is 2. The van der Waals surface area contributed by atoms with E-state index in [1.54, 1.807) is 79.1 Å². The minimum absolute atomic E-state index is 0.144. The van der Waals surface area contributed by atoms with Crippen molar-refractivity contribution in [1.29, 1.82) is 0 Å². The predicted octanol–water partition coefficient (Wildman–Crippen LogP) is 6.68. The topological polar surface area (TPSA) is 141 Å². The third-order valence-electron chi connectivity index (χ3n) is 8.32. The van der Waals surface area contributed by atoms with Crippen LogP contribution in [-0.2, 0) is 0 Å². The van der Waals surface area contributed by atoms with Crippen LogP contribution in [-0.4, -0.2) is 66.9 Å². The summed E-state index contributed by atoms with van der Waals surface area (Å²) in [6, 6.07) is 20.2. The van der Waals surface area contributed by atoms with Crippen molar-refractivity contribution in [2.75, 3.05) is 61.2 Å². The first-order valence-corrected chi connectivity index (χ1v) is 16.0. The second kappa shape index (κ2) is 15.1. The molecule has 6 rings (SSSR count). The van der Waals surface area contributed by atoms with Gasteiger partial charge in [-0.15, -0.1) is 0 Å². The van der Waals surface area contributed by atoms with Gasteiger partial charge in [-0.2, -0.15) is 0 Å². The van der Waals surface area contributed by atoms with Crippen molar-refractivity contribution in [2.45, 2.75) is 13.1 Å². The minimum Gasteiger partial charge on any atom is -0.493 e. The second-order valence-electron chi connectivity index (χ2n) is 11.4. The third kappa shape index (κ3) is 7.09. The zero-order valence-corrected chi connectivity index (χ0v) is 29.4. The van der Waals surface area contributed by atoms with E-state index in [1.807, 2.05) is 37.3 Å². The van der Waals surface area contributed by atoms with E-state index in [0.29, 0.717) is 74.1 Å². The van der Waals surface area contributed by atoms with E-state index < -0.39 is 6.17 Å². The number of hydrogen-bond acceptors (Lipinski definition) is 12. The Morgan fingerprint density at radius 3 is 1.90 bits per heavy atom. The Bertz CT molecular complexity index is 1990. The van der Waals surface area contributed by atoms with Crippen molar-refractivity contribution >= 4 is 11.6 Å². The number of carbonyl (C=O) groups is 1. The molecule has 13 heteroatoms. The van der Waals surface area contributed by atoms with Gasteiger partial charge in [0, 0.05) is 22.9 Å². The van der Waals surface area contributed by atoms with Crippen LogP contribution >= 0.6 is 0 Å². The standard InChI is InChI=1S/C38H39N3O10/c1-21-8-10-26-25(14-21)38(42)40-37(39-26)22-9-11-28(30(15-22)43-2)49-12-13-50-36-33(46-5)18-24(19-34(36)47-6)29-20-27(41-51-29)23-16-31(44-3)35(48-7)32(17-23)45-4/h8-11,14-20,37,39H,12-13H2,1-7H3,(H,40,42). The van der Waals surface area contributed by atoms with Gasteiger partial charge in [0.1, 0.15) is 25.1 Å². The van der Waals surface area contributed by atoms with Crippen LogP contribution < -0.4 is 48.5 Å². The van der Waals surface area contributed by atoms with Gasteiger partial charge >= 0.3 is 0 Å². The number of amides is 1. The molecule has 5 aromatic rings. The first kappa shape index (κ1) is 34.6. The molecule has 0 spiro atoms. The molecule has 0 saturated heterocycles. The zero-order chi connectivity index (χ0) is 36.1. The molecule has 0 bridgehead atoms. The lowest BCUT2D eigenvalue weighted by atomic mass is 10.0. The number of anilines is 1. The smallest absolute Gasteiger partial charge is 0.255 e. The molecule has 13 nitrogen and oxygen atoms in total. The fourth-order valence-corrected chi connectivity index (χ4v) is 5.76. The SMILES string of the molecule is COc1cc(C2NC(=O)c3cc(C)ccc3N2)ccc1OCCOc1c(OC)cc(-c2cc(-c3cc(OC)c(OC)c(OC)c3)no2)cc1OC. The Balaban J connectivity index is 1.13. The molecular weight excluding hydrogens is 658 g/mol. The van der Waals surface area contributed by atoms with Crippen molar-refractivity contribution < 1.29 is 47.2 Å². The van der Waals surface area contributed by atoms with Gasteiger partial charge in [-0.1, -0.05) is 22.9 Å². The highest BCUT2D eigenvalue weighted by Crippen LogP contribution is 2.44. The Labute approximate surface area is 295 Å². The summed E-state index contributed by atoms with van der Waals surface area (Å²) in [6.07, 6.45) is -0.431. The largest absolute Gasteiger partial charge is 0.493 e. The summed E-state index contributed by atoms with van der Waals surface area (Å²) >= 11 is 0. The average Bonchev–Trinajstić information content (AvgIpc) is 3.66. The molecule has 1 atom stereocenters. The lowest BCUT2D eigenvalue weighted by Gasteiger charge is -2.28. The number of nitrogens with zero attached hydrogens (tertiary/aromatic N) is 1. The van der Waals surface area contributed by atoms with Gasteiger partial charge in [-0.05, 0) is 61.0 Å². The van der Waals surface area contributed by atoms with E-state index in [2.05, 4.69) is 15.8 Å². The lowest BCUT2D eigenvalue weighted by molar-refractivity contribution is 0.0935. The molecule has 2 heterocycles. The summed E-state index contributed by atoms with van der Waals surface area (Å²) in [6.45, 7) is 2.31. The van der Waals surface area contributed by atoms with E-state index in [1.165, 1.54) is 0 Å². The first-order chi connectivity index (χ1) is 24.8. The number of methoxy groups -OCH3 is 6. The number of hydrogen-bond donors (Lipinski definition) is 2. The van der Waals surface area contributed by atoms with E-state index >= 15 is 0 Å². The molecule has 0 aliphatic carbocycles. The van der Waals surface area contributed by atoms with E-state index in [-0.39, 0.29) is 19.1 Å². The maximum Gasteiger partial charge on any atom is 0.255 e. The number of benzene rings is 4. The molecule has 0 saturated carbocycles. The average molecular weight is 698 g/mol. The second-order valence-corrected chi connectivity index (χ2v) is 11.4. The van der Waals surface area contributed by atoms with Crippen LogP contribution in [0, 0.1) is 6.92 Å². The summed E-state index contributed by atoms with van der Waals surface area (Å²) in [4.78, 5) is 12.8. The van der Waals surface area contributed by atoms with Crippen LogP contribution in [0.1, 0.15) is 27.7 Å². The first-order valence-electron chi connectivity index (χ1n) is 16.0. The van der Waals surface area contributed by atoms with Gasteiger partial charge in [0.15, 0.2) is 40.3 Å². The highest BCUT2D eigenvalue weighted by molar-refractivity contribution is 6.02. The summed E-state index contributed by atoms with van der Waals surface area (Å²) < 4.78 is 51.2. The normalized spacial score (nSPS) is 13.3. The van der Waals surface area contributed by atoms with Crippen LogP contribution in [0.2, 0.25) is 0 Å². The maximum absolute atomic E-state index is 12.8. The highest BCUT2D eigenvalue weighted by Gasteiger charge is 2.26. The lowest BCUT2D eigenvalue weighted by Crippen LogP contribution is -2.38. The van der Waals surface area contributed by atoms with Crippen molar-refractivity contribution in [2.24, 2.45) is 0 Å². The van der Waals surface area contributed by atoms with Crippen molar-refractivity contribution in [3.8, 4) is 68.6 Å². The molecule has 4 aromatic carbocycles. The van der Waals surface area contributed by atoms with Gasteiger partial charge in [0.2, 0.25) is 11.5 Å². The third-order valence-corrected chi connectivity index (χ3v) is 8.32. The van der Waals surface area contributed by atoms with Gasteiger partial charge in [-0.25, -0.2) is 0 Å². The summed E-state index contributed by atoms with van der Waals surface area (Å²) in [7, 11) is 9.29. The van der Waals surface area contributed by atoms with E-state index in [9.17, 15) is 4.79 Å². The molecule has 2 N–H and O–H groups in total. The van der Waals surface area contributed by atoms with E-state index in [4.69, 9.17) is 42.4 Å². The Morgan fingerprint density at radius 1 is 0.627 bits per heavy atom. The van der Waals surface area contributed by atoms with E-state index in [0.717, 1.165) is 16.8 Å². The van der Waals surface area contributed by atoms with Crippen LogP contribution in [0.25, 0.3) is 22.6 Å². The highest BCUT2D eigenvalue weighted by atomic mass is 16.6. The summed E-state index contributed by atoms with van der Waals surface area (Å²) in [5.74, 6) is 4.08. The number of ether oxygens (including phenoxy) is 8. The Hall–Kier alpha value is -6.24. The zero-order valence-electron chi connectivity index (χ0n) is 29.4. The number of rotatable bonds is 14. The molecule has 51 heavy (non-hydrogen) atoms. The number of aryl methyl sites for hydroxylation is 1. The van der Waals surface area contributed by atoms with Gasteiger partial charge < -0.3 is 53.1 Å². The van der Waals surface area contributed by atoms with Crippen molar-refractivity contribution in [3.63, 3.8) is 0 Å². The Kier molecular flexibility index (Phi) is 10.3. The molecule has 266 valence electrons. The molecule has 1 aromatic heterocycles. The number of aromatic nitrogens is 1. The van der Waals surface area contributed by atoms with Gasteiger partial charge in [-0.3, -0.25) is 4.79 Å². The molecule has 1 amide bonds. The molecule has 1 aliphatic heterocycles.